The lowest BCUT2D eigenvalue weighted by atomic mass is 10.0. The van der Waals surface area contributed by atoms with Crippen molar-refractivity contribution in [1.29, 1.82) is 0 Å². The van der Waals surface area contributed by atoms with Crippen LogP contribution >= 0.6 is 0 Å². The highest BCUT2D eigenvalue weighted by Crippen LogP contribution is 2.30. The first-order valence-corrected chi connectivity index (χ1v) is 8.93. The fraction of sp³-hybridized carbons (Fsp3) is 0.304. The zero-order chi connectivity index (χ0) is 17.8. The van der Waals surface area contributed by atoms with Crippen molar-refractivity contribution in [2.75, 3.05) is 13.1 Å². The van der Waals surface area contributed by atoms with E-state index < -0.39 is 0 Å². The molecule has 0 saturated carbocycles. The first-order chi connectivity index (χ1) is 12.0. The zero-order valence-corrected chi connectivity index (χ0v) is 15.4. The van der Waals surface area contributed by atoms with Gasteiger partial charge in [-0.05, 0) is 38.0 Å². The van der Waals surface area contributed by atoms with Crippen LogP contribution in [-0.4, -0.2) is 24.1 Å². The van der Waals surface area contributed by atoms with Crippen LogP contribution in [0.4, 0.5) is 0 Å². The Kier molecular flexibility index (Phi) is 5.40. The van der Waals surface area contributed by atoms with Gasteiger partial charge in [0.05, 0.1) is 0 Å². The van der Waals surface area contributed by atoms with Crippen LogP contribution < -0.4 is 0 Å². The molecule has 1 aliphatic heterocycles. The Balaban J connectivity index is 1.66. The minimum absolute atomic E-state index is 0.233. The molecule has 25 heavy (non-hydrogen) atoms. The molecule has 2 heteroatoms. The molecule has 1 unspecified atom stereocenters. The van der Waals surface area contributed by atoms with Crippen LogP contribution in [0.2, 0.25) is 0 Å². The summed E-state index contributed by atoms with van der Waals surface area (Å²) < 4.78 is 6.34. The normalized spacial score (nSPS) is 17.0. The zero-order valence-electron chi connectivity index (χ0n) is 15.4. The topological polar surface area (TPSA) is 12.5 Å². The summed E-state index contributed by atoms with van der Waals surface area (Å²) >= 11 is 0. The number of allylic oxidation sites excluding steroid dienone is 2. The lowest BCUT2D eigenvalue weighted by Gasteiger charge is -2.43. The molecule has 1 atom stereocenters. The Labute approximate surface area is 151 Å². The van der Waals surface area contributed by atoms with Crippen LogP contribution in [0.15, 0.2) is 72.8 Å². The van der Waals surface area contributed by atoms with Gasteiger partial charge in [-0.15, -0.1) is 0 Å². The first-order valence-electron chi connectivity index (χ1n) is 8.93. The predicted octanol–water partition coefficient (Wildman–Crippen LogP) is 5.37. The van der Waals surface area contributed by atoms with Crippen LogP contribution in [0.25, 0.3) is 5.76 Å². The average Bonchev–Trinajstić information content (AvgIpc) is 2.57. The Morgan fingerprint density at radius 3 is 2.40 bits per heavy atom. The molecule has 3 rings (SSSR count). The number of hydrogen-bond donors (Lipinski definition) is 0. The maximum Gasteiger partial charge on any atom is 0.127 e. The van der Waals surface area contributed by atoms with Gasteiger partial charge in [0.1, 0.15) is 11.9 Å². The molecule has 0 radical (unpaired) electrons. The minimum atomic E-state index is 0.233. The summed E-state index contributed by atoms with van der Waals surface area (Å²) in [6.45, 7) is 12.3. The number of nitrogens with zero attached hydrogens (tertiary/aromatic N) is 1. The molecule has 1 heterocycles. The van der Waals surface area contributed by atoms with Crippen LogP contribution in [0, 0.1) is 6.92 Å². The number of hydrogen-bond acceptors (Lipinski definition) is 2. The Hall–Kier alpha value is -2.32. The number of aryl methyl sites for hydroxylation is 1. The van der Waals surface area contributed by atoms with Gasteiger partial charge in [-0.2, -0.15) is 0 Å². The van der Waals surface area contributed by atoms with E-state index in [9.17, 15) is 0 Å². The van der Waals surface area contributed by atoms with E-state index in [2.05, 4.69) is 79.9 Å². The van der Waals surface area contributed by atoms with Gasteiger partial charge in [0, 0.05) is 24.7 Å². The number of ether oxygens (including phenoxy) is 1. The average molecular weight is 333 g/mol. The first kappa shape index (κ1) is 17.5. The van der Waals surface area contributed by atoms with E-state index in [1.807, 2.05) is 13.0 Å². The molecule has 2 aromatic rings. The SMILES string of the molecule is C=C(C)/C=C(/OC1CN(C(C)c2ccccc2)C1)c1ccccc1C. The Bertz CT molecular complexity index is 757. The molecule has 130 valence electrons. The van der Waals surface area contributed by atoms with E-state index in [4.69, 9.17) is 4.74 Å². The highest BCUT2D eigenvalue weighted by molar-refractivity contribution is 5.65. The van der Waals surface area contributed by atoms with Crippen molar-refractivity contribution in [3.8, 4) is 0 Å². The van der Waals surface area contributed by atoms with E-state index in [0.29, 0.717) is 6.04 Å². The molecular weight excluding hydrogens is 306 g/mol. The number of benzene rings is 2. The number of rotatable bonds is 6. The highest BCUT2D eigenvalue weighted by atomic mass is 16.5. The molecule has 1 saturated heterocycles. The fourth-order valence-electron chi connectivity index (χ4n) is 3.23. The van der Waals surface area contributed by atoms with E-state index in [1.165, 1.54) is 11.1 Å². The van der Waals surface area contributed by atoms with E-state index in [-0.39, 0.29) is 6.10 Å². The summed E-state index contributed by atoms with van der Waals surface area (Å²) in [4.78, 5) is 2.45. The van der Waals surface area contributed by atoms with Crippen LogP contribution in [-0.2, 0) is 4.74 Å². The lowest BCUT2D eigenvalue weighted by molar-refractivity contribution is -0.0207. The van der Waals surface area contributed by atoms with Crippen molar-refractivity contribution in [1.82, 2.24) is 4.90 Å². The summed E-state index contributed by atoms with van der Waals surface area (Å²) in [5, 5.41) is 0. The van der Waals surface area contributed by atoms with Crippen molar-refractivity contribution in [3.05, 3.63) is 89.5 Å². The summed E-state index contributed by atoms with van der Waals surface area (Å²) in [5.74, 6) is 0.933. The van der Waals surface area contributed by atoms with Crippen molar-refractivity contribution >= 4 is 5.76 Å². The fourth-order valence-corrected chi connectivity index (χ4v) is 3.23. The predicted molar refractivity (Wildman–Crippen MR) is 105 cm³/mol. The Morgan fingerprint density at radius 2 is 1.76 bits per heavy atom. The molecule has 0 aliphatic carbocycles. The summed E-state index contributed by atoms with van der Waals surface area (Å²) in [5.41, 5.74) is 4.74. The second-order valence-electron chi connectivity index (χ2n) is 6.95. The molecule has 1 fully saturated rings. The standard InChI is InChI=1S/C23H27NO/c1-17(2)14-23(22-13-9-8-10-18(22)3)25-21-15-24(16-21)19(4)20-11-6-5-7-12-20/h5-14,19,21H,1,15-16H2,2-4H3/b23-14+. The van der Waals surface area contributed by atoms with Gasteiger partial charge in [0.25, 0.3) is 0 Å². The van der Waals surface area contributed by atoms with Crippen LogP contribution in [0.1, 0.15) is 36.6 Å². The van der Waals surface area contributed by atoms with Gasteiger partial charge in [-0.25, -0.2) is 0 Å². The molecule has 0 amide bonds. The molecule has 0 aromatic heterocycles. The van der Waals surface area contributed by atoms with Gasteiger partial charge in [-0.1, -0.05) is 66.7 Å². The van der Waals surface area contributed by atoms with Gasteiger partial charge in [0.2, 0.25) is 0 Å². The molecule has 0 bridgehead atoms. The molecule has 0 spiro atoms. The summed E-state index contributed by atoms with van der Waals surface area (Å²) in [6, 6.07) is 19.4. The van der Waals surface area contributed by atoms with E-state index in [1.54, 1.807) is 0 Å². The van der Waals surface area contributed by atoms with Crippen molar-refractivity contribution < 1.29 is 4.74 Å². The van der Waals surface area contributed by atoms with Crippen LogP contribution in [0.3, 0.4) is 0 Å². The third-order valence-electron chi connectivity index (χ3n) is 4.79. The van der Waals surface area contributed by atoms with Crippen LogP contribution in [0.5, 0.6) is 0 Å². The quantitative estimate of drug-likeness (QED) is 0.520. The maximum atomic E-state index is 6.34. The lowest BCUT2D eigenvalue weighted by Crippen LogP contribution is -2.52. The molecular formula is C23H27NO. The second-order valence-corrected chi connectivity index (χ2v) is 6.95. The van der Waals surface area contributed by atoms with Crippen molar-refractivity contribution in [3.63, 3.8) is 0 Å². The van der Waals surface area contributed by atoms with Gasteiger partial charge in [-0.3, -0.25) is 4.90 Å². The highest BCUT2D eigenvalue weighted by Gasteiger charge is 2.33. The largest absolute Gasteiger partial charge is 0.487 e. The molecule has 0 N–H and O–H groups in total. The summed E-state index contributed by atoms with van der Waals surface area (Å²) in [6.07, 6.45) is 2.28. The minimum Gasteiger partial charge on any atom is -0.487 e. The van der Waals surface area contributed by atoms with Crippen molar-refractivity contribution in [2.24, 2.45) is 0 Å². The van der Waals surface area contributed by atoms with E-state index in [0.717, 1.165) is 30.0 Å². The summed E-state index contributed by atoms with van der Waals surface area (Å²) in [7, 11) is 0. The third kappa shape index (κ3) is 4.21. The van der Waals surface area contributed by atoms with E-state index >= 15 is 0 Å². The molecule has 2 aromatic carbocycles. The van der Waals surface area contributed by atoms with Crippen molar-refractivity contribution in [2.45, 2.75) is 32.9 Å². The Morgan fingerprint density at radius 1 is 1.12 bits per heavy atom. The maximum absolute atomic E-state index is 6.34. The van der Waals surface area contributed by atoms with Gasteiger partial charge in [0.15, 0.2) is 0 Å². The monoisotopic (exact) mass is 333 g/mol. The van der Waals surface area contributed by atoms with Gasteiger partial charge < -0.3 is 4.74 Å². The molecule has 1 aliphatic rings. The number of likely N-dealkylation sites (tertiary alicyclic amines) is 1. The second kappa shape index (κ2) is 7.71. The van der Waals surface area contributed by atoms with Gasteiger partial charge >= 0.3 is 0 Å². The third-order valence-corrected chi connectivity index (χ3v) is 4.79. The smallest absolute Gasteiger partial charge is 0.127 e. The molecule has 2 nitrogen and oxygen atoms in total.